The van der Waals surface area contributed by atoms with Crippen LogP contribution in [0.3, 0.4) is 0 Å². The topological polar surface area (TPSA) is 72.3 Å². The summed E-state index contributed by atoms with van der Waals surface area (Å²) in [6, 6.07) is 2.44. The predicted octanol–water partition coefficient (Wildman–Crippen LogP) is 1.52. The van der Waals surface area contributed by atoms with Crippen molar-refractivity contribution in [3.05, 3.63) is 22.3 Å². The molecular formula is C14H16ClN5O. The number of halogens is 1. The largest absolute Gasteiger partial charge is 0.353 e. The minimum Gasteiger partial charge on any atom is -0.353 e. The fraction of sp³-hybridized carbons (Fsp3) is 0.500. The molecule has 6 nitrogen and oxygen atoms in total. The molecule has 3 heterocycles. The van der Waals surface area contributed by atoms with Crippen molar-refractivity contribution < 1.29 is 4.79 Å². The van der Waals surface area contributed by atoms with Crippen molar-refractivity contribution in [1.29, 1.82) is 5.26 Å². The van der Waals surface area contributed by atoms with Gasteiger partial charge in [-0.25, -0.2) is 9.78 Å². The molecule has 2 atom stereocenters. The highest BCUT2D eigenvalue weighted by atomic mass is 35.5. The van der Waals surface area contributed by atoms with Gasteiger partial charge in [-0.05, 0) is 18.9 Å². The van der Waals surface area contributed by atoms with Crippen LogP contribution in [0.25, 0.3) is 0 Å². The molecule has 3 rings (SSSR count). The first-order chi connectivity index (χ1) is 10.0. The smallest absolute Gasteiger partial charge is 0.317 e. The number of aromatic nitrogens is 1. The first-order valence-corrected chi connectivity index (χ1v) is 7.24. The van der Waals surface area contributed by atoms with Crippen LogP contribution in [-0.2, 0) is 0 Å². The number of nitrogens with zero attached hydrogens (tertiary/aromatic N) is 4. The second kappa shape index (κ2) is 5.08. The second-order valence-electron chi connectivity index (χ2n) is 5.51. The van der Waals surface area contributed by atoms with Gasteiger partial charge >= 0.3 is 6.03 Å². The van der Waals surface area contributed by atoms with Crippen LogP contribution < -0.4 is 10.2 Å². The number of hydrogen-bond donors (Lipinski definition) is 1. The van der Waals surface area contributed by atoms with Crippen molar-refractivity contribution in [2.75, 3.05) is 25.0 Å². The third-order valence-electron chi connectivity index (χ3n) is 4.37. The Bertz CT molecular complexity index is 641. The Morgan fingerprint density at radius 2 is 2.33 bits per heavy atom. The van der Waals surface area contributed by atoms with E-state index in [9.17, 15) is 10.1 Å². The molecule has 0 radical (unpaired) electrons. The van der Waals surface area contributed by atoms with Crippen molar-refractivity contribution in [2.24, 2.45) is 0 Å². The van der Waals surface area contributed by atoms with Crippen LogP contribution in [-0.4, -0.2) is 48.1 Å². The van der Waals surface area contributed by atoms with Crippen molar-refractivity contribution in [2.45, 2.75) is 25.4 Å². The summed E-state index contributed by atoms with van der Waals surface area (Å²) in [4.78, 5) is 19.9. The summed E-state index contributed by atoms with van der Waals surface area (Å²) in [6.45, 7) is 3.25. The van der Waals surface area contributed by atoms with Crippen LogP contribution in [0.15, 0.2) is 6.20 Å². The summed E-state index contributed by atoms with van der Waals surface area (Å²) in [5.41, 5.74) is 1.26. The molecule has 0 spiro atoms. The Morgan fingerprint density at radius 3 is 3.05 bits per heavy atom. The molecule has 2 fully saturated rings. The summed E-state index contributed by atoms with van der Waals surface area (Å²) >= 11 is 6.04. The maximum atomic E-state index is 11.7. The number of fused-ring (bicyclic) bond motifs is 1. The zero-order valence-corrected chi connectivity index (χ0v) is 12.7. The van der Waals surface area contributed by atoms with Crippen molar-refractivity contribution >= 4 is 23.4 Å². The molecule has 0 saturated carbocycles. The summed E-state index contributed by atoms with van der Waals surface area (Å²) in [7, 11) is 1.82. The molecule has 2 aliphatic heterocycles. The Labute approximate surface area is 128 Å². The van der Waals surface area contributed by atoms with Crippen LogP contribution >= 0.6 is 11.6 Å². The molecule has 2 aliphatic rings. The molecular weight excluding hydrogens is 290 g/mol. The number of nitriles is 1. The maximum absolute atomic E-state index is 11.7. The lowest BCUT2D eigenvalue weighted by atomic mass is 9.99. The summed E-state index contributed by atoms with van der Waals surface area (Å²) < 4.78 is 0. The SMILES string of the molecule is Cc1c(Cl)cnc(N2CC[C@H]3[C@@H](C2)NC(=O)N3C)c1C#N. The Morgan fingerprint density at radius 1 is 1.57 bits per heavy atom. The molecule has 2 amide bonds. The molecule has 1 N–H and O–H groups in total. The number of carbonyl (C=O) groups is 1. The van der Waals surface area contributed by atoms with Gasteiger partial charge in [0.15, 0.2) is 0 Å². The highest BCUT2D eigenvalue weighted by molar-refractivity contribution is 6.31. The summed E-state index contributed by atoms with van der Waals surface area (Å²) in [5.74, 6) is 0.654. The van der Waals surface area contributed by atoms with E-state index >= 15 is 0 Å². The van der Waals surface area contributed by atoms with Crippen molar-refractivity contribution in [3.8, 4) is 6.07 Å². The first kappa shape index (κ1) is 14.0. The van der Waals surface area contributed by atoms with Gasteiger partial charge in [-0.1, -0.05) is 11.6 Å². The molecule has 1 aromatic heterocycles. The molecule has 0 bridgehead atoms. The van der Waals surface area contributed by atoms with Gasteiger partial charge in [0, 0.05) is 26.3 Å². The van der Waals surface area contributed by atoms with Gasteiger partial charge < -0.3 is 15.1 Å². The predicted molar refractivity (Wildman–Crippen MR) is 79.4 cm³/mol. The first-order valence-electron chi connectivity index (χ1n) is 6.86. The third-order valence-corrected chi connectivity index (χ3v) is 4.75. The van der Waals surface area contributed by atoms with E-state index in [2.05, 4.69) is 21.3 Å². The van der Waals surface area contributed by atoms with E-state index in [1.165, 1.54) is 0 Å². The highest BCUT2D eigenvalue weighted by Gasteiger charge is 2.41. The normalized spacial score (nSPS) is 24.6. The lowest BCUT2D eigenvalue weighted by molar-refractivity contribution is 0.212. The Hall–Kier alpha value is -2.00. The third kappa shape index (κ3) is 2.18. The van der Waals surface area contributed by atoms with Crippen LogP contribution in [0.4, 0.5) is 10.6 Å². The Balaban J connectivity index is 1.89. The number of anilines is 1. The maximum Gasteiger partial charge on any atom is 0.317 e. The van der Waals surface area contributed by atoms with E-state index < -0.39 is 0 Å². The standard InChI is InChI=1S/C14H16ClN5O/c1-8-9(5-16)13(17-6-10(8)15)20-4-3-12-11(7-20)18-14(21)19(12)2/h6,11-12H,3-4,7H2,1-2H3,(H,18,21)/t11-,12+/m1/s1. The highest BCUT2D eigenvalue weighted by Crippen LogP contribution is 2.30. The monoisotopic (exact) mass is 305 g/mol. The van der Waals surface area contributed by atoms with Gasteiger partial charge in [0.2, 0.25) is 0 Å². The zero-order chi connectivity index (χ0) is 15.1. The van der Waals surface area contributed by atoms with Gasteiger partial charge in [-0.2, -0.15) is 5.26 Å². The number of piperidine rings is 1. The van der Waals surface area contributed by atoms with Crippen LogP contribution in [0.1, 0.15) is 17.5 Å². The van der Waals surface area contributed by atoms with Gasteiger partial charge in [0.25, 0.3) is 0 Å². The van der Waals surface area contributed by atoms with Crippen LogP contribution in [0.2, 0.25) is 5.02 Å². The number of nitrogens with one attached hydrogen (secondary N) is 1. The van der Waals surface area contributed by atoms with Crippen molar-refractivity contribution in [1.82, 2.24) is 15.2 Å². The molecule has 21 heavy (non-hydrogen) atoms. The Kier molecular flexibility index (Phi) is 3.38. The molecule has 1 aromatic rings. The van der Waals surface area contributed by atoms with Crippen molar-refractivity contribution in [3.63, 3.8) is 0 Å². The molecule has 0 aliphatic carbocycles. The van der Waals surface area contributed by atoms with Crippen LogP contribution in [0.5, 0.6) is 0 Å². The van der Waals surface area contributed by atoms with E-state index in [0.29, 0.717) is 22.9 Å². The van der Waals surface area contributed by atoms with Gasteiger partial charge in [0.05, 0.1) is 22.7 Å². The average Bonchev–Trinajstić information content (AvgIpc) is 2.76. The van der Waals surface area contributed by atoms with E-state index in [-0.39, 0.29) is 18.1 Å². The quantitative estimate of drug-likeness (QED) is 0.854. The summed E-state index contributed by atoms with van der Waals surface area (Å²) in [6.07, 6.45) is 2.44. The van der Waals surface area contributed by atoms with E-state index in [1.807, 2.05) is 14.0 Å². The molecule has 2 saturated heterocycles. The number of amides is 2. The van der Waals surface area contributed by atoms with E-state index in [0.717, 1.165) is 18.5 Å². The molecule has 0 aromatic carbocycles. The fourth-order valence-electron chi connectivity index (χ4n) is 3.09. The second-order valence-corrected chi connectivity index (χ2v) is 5.92. The molecule has 110 valence electrons. The number of rotatable bonds is 1. The van der Waals surface area contributed by atoms with Gasteiger partial charge in [-0.15, -0.1) is 0 Å². The number of urea groups is 1. The summed E-state index contributed by atoms with van der Waals surface area (Å²) in [5, 5.41) is 12.8. The molecule has 0 unspecified atom stereocenters. The van der Waals surface area contributed by atoms with Gasteiger partial charge in [0.1, 0.15) is 11.9 Å². The number of pyridine rings is 1. The molecule has 7 heteroatoms. The van der Waals surface area contributed by atoms with E-state index in [4.69, 9.17) is 11.6 Å². The number of likely N-dealkylation sites (N-methyl/N-ethyl adjacent to an activating group) is 1. The van der Waals surface area contributed by atoms with E-state index in [1.54, 1.807) is 11.1 Å². The number of hydrogen-bond acceptors (Lipinski definition) is 4. The minimum absolute atomic E-state index is 0.0346. The zero-order valence-electron chi connectivity index (χ0n) is 11.9. The van der Waals surface area contributed by atoms with Crippen LogP contribution in [0, 0.1) is 18.3 Å². The minimum atomic E-state index is -0.0346. The number of carbonyl (C=O) groups excluding carboxylic acids is 1. The lowest BCUT2D eigenvalue weighted by Crippen LogP contribution is -2.51. The fourth-order valence-corrected chi connectivity index (χ4v) is 3.23. The average molecular weight is 306 g/mol. The van der Waals surface area contributed by atoms with Gasteiger partial charge in [-0.3, -0.25) is 0 Å². The lowest BCUT2D eigenvalue weighted by Gasteiger charge is -2.36.